The van der Waals surface area contributed by atoms with Gasteiger partial charge in [0.05, 0.1) is 16.6 Å². The second-order valence-corrected chi connectivity index (χ2v) is 9.21. The molecule has 150 valence electrons. The Labute approximate surface area is 166 Å². The van der Waals surface area contributed by atoms with E-state index in [-0.39, 0.29) is 12.0 Å². The van der Waals surface area contributed by atoms with Gasteiger partial charge in [-0.25, -0.2) is 8.42 Å². The van der Waals surface area contributed by atoms with Crippen LogP contribution in [-0.2, 0) is 14.6 Å². The summed E-state index contributed by atoms with van der Waals surface area (Å²) in [6, 6.07) is 11.8. The summed E-state index contributed by atoms with van der Waals surface area (Å²) < 4.78 is 53.7. The topological polar surface area (TPSA) is 72.5 Å². The van der Waals surface area contributed by atoms with E-state index in [1.165, 1.54) is 12.1 Å². The van der Waals surface area contributed by atoms with E-state index < -0.39 is 20.5 Å². The van der Waals surface area contributed by atoms with Crippen molar-refractivity contribution in [3.05, 3.63) is 54.1 Å². The van der Waals surface area contributed by atoms with E-state index in [0.29, 0.717) is 11.3 Å². The Balaban J connectivity index is 1.69. The first kappa shape index (κ1) is 20.8. The number of rotatable bonds is 7. The first-order valence-corrected chi connectivity index (χ1v) is 11.2. The number of nitrogens with one attached hydrogen (secondary N) is 1. The molecule has 0 spiro atoms. The van der Waals surface area contributed by atoms with Crippen LogP contribution in [-0.4, -0.2) is 38.5 Å². The lowest BCUT2D eigenvalue weighted by atomic mass is 10.2. The lowest BCUT2D eigenvalue weighted by molar-refractivity contribution is 0.102. The Morgan fingerprint density at radius 1 is 1.18 bits per heavy atom. The summed E-state index contributed by atoms with van der Waals surface area (Å²) in [6.45, 7) is 0.768. The third kappa shape index (κ3) is 4.89. The van der Waals surface area contributed by atoms with Crippen molar-refractivity contribution < 1.29 is 26.7 Å². The molecule has 1 atom stereocenters. The minimum atomic E-state index is -4.66. The Hall–Kier alpha value is -1.97. The van der Waals surface area contributed by atoms with Gasteiger partial charge in [0.15, 0.2) is 0 Å². The fraction of sp³-hybridized carbons (Fsp3) is 0.316. The maximum Gasteiger partial charge on any atom is 0.341 e. The number of hydrogen-bond acceptors (Lipinski definition) is 5. The zero-order valence-electron chi connectivity index (χ0n) is 14.8. The Morgan fingerprint density at radius 3 is 2.54 bits per heavy atom. The highest BCUT2D eigenvalue weighted by Crippen LogP contribution is 2.27. The average molecular weight is 427 g/mol. The van der Waals surface area contributed by atoms with E-state index in [2.05, 4.69) is 5.32 Å². The molecule has 28 heavy (non-hydrogen) atoms. The Bertz CT molecular complexity index is 927. The minimum absolute atomic E-state index is 0.186. The maximum absolute atomic E-state index is 12.6. The number of sulfone groups is 1. The number of anilines is 1. The fourth-order valence-electron chi connectivity index (χ4n) is 2.77. The van der Waals surface area contributed by atoms with Crippen molar-refractivity contribution >= 4 is 33.2 Å². The molecule has 0 bridgehead atoms. The van der Waals surface area contributed by atoms with Crippen LogP contribution in [0.2, 0.25) is 0 Å². The van der Waals surface area contributed by atoms with E-state index >= 15 is 0 Å². The number of hydrogen-bond donors (Lipinski definition) is 1. The van der Waals surface area contributed by atoms with Crippen LogP contribution in [0.4, 0.5) is 14.5 Å². The number of carbonyl (C=O) groups excluding carboxylic acids is 1. The van der Waals surface area contributed by atoms with Crippen LogP contribution in [0, 0.1) is 0 Å². The molecule has 1 N–H and O–H groups in total. The van der Waals surface area contributed by atoms with Gasteiger partial charge in [0.2, 0.25) is 9.84 Å². The molecule has 1 saturated heterocycles. The zero-order chi connectivity index (χ0) is 20.1. The van der Waals surface area contributed by atoms with Gasteiger partial charge in [0.1, 0.15) is 0 Å². The molecule has 1 aliphatic heterocycles. The summed E-state index contributed by atoms with van der Waals surface area (Å²) in [5.74, 6) is -3.09. The van der Waals surface area contributed by atoms with Crippen molar-refractivity contribution in [3.8, 4) is 0 Å². The molecule has 1 amide bonds. The average Bonchev–Trinajstić information content (AvgIpc) is 3.20. The van der Waals surface area contributed by atoms with Crippen LogP contribution in [0.5, 0.6) is 0 Å². The summed E-state index contributed by atoms with van der Waals surface area (Å²) >= 11 is 1.54. The first-order chi connectivity index (χ1) is 13.4. The number of halogens is 2. The van der Waals surface area contributed by atoms with Crippen molar-refractivity contribution in [2.45, 2.75) is 34.5 Å². The van der Waals surface area contributed by atoms with Crippen LogP contribution in [0.25, 0.3) is 0 Å². The van der Waals surface area contributed by atoms with Crippen molar-refractivity contribution in [1.29, 1.82) is 0 Å². The van der Waals surface area contributed by atoms with Crippen LogP contribution >= 0.6 is 11.8 Å². The third-order valence-corrected chi connectivity index (χ3v) is 6.86. The molecule has 2 aromatic carbocycles. The first-order valence-electron chi connectivity index (χ1n) is 8.65. The van der Waals surface area contributed by atoms with Crippen molar-refractivity contribution in [2.75, 3.05) is 17.7 Å². The Morgan fingerprint density at radius 2 is 1.89 bits per heavy atom. The SMILES string of the molecule is O=C(Nc1ccc(S(=O)(=O)C(F)F)cc1)c1ccccc1SCC1CCCO1. The third-order valence-electron chi connectivity index (χ3n) is 4.26. The summed E-state index contributed by atoms with van der Waals surface area (Å²) in [7, 11) is -4.66. The Kier molecular flexibility index (Phi) is 6.69. The van der Waals surface area contributed by atoms with E-state index in [1.807, 2.05) is 12.1 Å². The molecular weight excluding hydrogens is 408 g/mol. The standard InChI is InChI=1S/C19H19F2NO4S2/c20-19(21)28(24,25)15-9-7-13(8-10-15)22-18(23)16-5-1-2-6-17(16)27-12-14-4-3-11-26-14/h1-2,5-10,14,19H,3-4,11-12H2,(H,22,23). The molecule has 1 unspecified atom stereocenters. The molecule has 9 heteroatoms. The largest absolute Gasteiger partial charge is 0.377 e. The highest BCUT2D eigenvalue weighted by Gasteiger charge is 2.26. The second kappa shape index (κ2) is 9.02. The molecule has 2 aromatic rings. The number of thioether (sulfide) groups is 1. The maximum atomic E-state index is 12.6. The minimum Gasteiger partial charge on any atom is -0.377 e. The summed E-state index contributed by atoms with van der Waals surface area (Å²) in [4.78, 5) is 12.9. The van der Waals surface area contributed by atoms with Crippen LogP contribution in [0.3, 0.4) is 0 Å². The molecule has 5 nitrogen and oxygen atoms in total. The molecule has 1 aliphatic rings. The van der Waals surface area contributed by atoms with Gasteiger partial charge >= 0.3 is 5.76 Å². The van der Waals surface area contributed by atoms with Crippen LogP contribution < -0.4 is 5.32 Å². The van der Waals surface area contributed by atoms with Crippen molar-refractivity contribution in [2.24, 2.45) is 0 Å². The zero-order valence-corrected chi connectivity index (χ0v) is 16.4. The lowest BCUT2D eigenvalue weighted by Gasteiger charge is -2.12. The van der Waals surface area contributed by atoms with Gasteiger partial charge in [-0.15, -0.1) is 11.8 Å². The molecule has 0 aliphatic carbocycles. The second-order valence-electron chi connectivity index (χ2n) is 6.23. The van der Waals surface area contributed by atoms with Crippen LogP contribution in [0.15, 0.2) is 58.3 Å². The number of amides is 1. The molecule has 0 radical (unpaired) electrons. The normalized spacial score (nSPS) is 17.0. The van der Waals surface area contributed by atoms with Crippen molar-refractivity contribution in [1.82, 2.24) is 0 Å². The van der Waals surface area contributed by atoms with E-state index in [9.17, 15) is 22.0 Å². The molecule has 0 aromatic heterocycles. The predicted octanol–water partition coefficient (Wildman–Crippen LogP) is 4.21. The van der Waals surface area contributed by atoms with E-state index in [4.69, 9.17) is 4.74 Å². The van der Waals surface area contributed by atoms with Gasteiger partial charge in [0.25, 0.3) is 5.91 Å². The summed E-state index contributed by atoms with van der Waals surface area (Å²) in [5, 5.41) is 2.67. The number of benzene rings is 2. The van der Waals surface area contributed by atoms with Gasteiger partial charge in [-0.05, 0) is 49.2 Å². The number of alkyl halides is 2. The predicted molar refractivity (Wildman–Crippen MR) is 104 cm³/mol. The van der Waals surface area contributed by atoms with Gasteiger partial charge in [-0.1, -0.05) is 12.1 Å². The molecule has 3 rings (SSSR count). The lowest BCUT2D eigenvalue weighted by Crippen LogP contribution is -2.15. The van der Waals surface area contributed by atoms with E-state index in [1.54, 1.807) is 23.9 Å². The molecule has 0 saturated carbocycles. The number of carbonyl (C=O) groups is 1. The molecule has 1 heterocycles. The summed E-state index contributed by atoms with van der Waals surface area (Å²) in [5.41, 5.74) is 0.798. The highest BCUT2D eigenvalue weighted by atomic mass is 32.2. The quantitative estimate of drug-likeness (QED) is 0.671. The fourth-order valence-corrected chi connectivity index (χ4v) is 4.61. The molecular formula is C19H19F2NO4S2. The van der Waals surface area contributed by atoms with E-state index in [0.717, 1.165) is 42.2 Å². The van der Waals surface area contributed by atoms with Gasteiger partial charge in [0, 0.05) is 22.9 Å². The van der Waals surface area contributed by atoms with Gasteiger partial charge in [-0.2, -0.15) is 8.78 Å². The van der Waals surface area contributed by atoms with Gasteiger partial charge in [-0.3, -0.25) is 4.79 Å². The summed E-state index contributed by atoms with van der Waals surface area (Å²) in [6.07, 6.45) is 2.24. The smallest absolute Gasteiger partial charge is 0.341 e. The van der Waals surface area contributed by atoms with Crippen LogP contribution in [0.1, 0.15) is 23.2 Å². The number of ether oxygens (including phenoxy) is 1. The van der Waals surface area contributed by atoms with Crippen molar-refractivity contribution in [3.63, 3.8) is 0 Å². The van der Waals surface area contributed by atoms with Gasteiger partial charge < -0.3 is 10.1 Å². The highest BCUT2D eigenvalue weighted by molar-refractivity contribution is 7.99. The molecule has 1 fully saturated rings. The monoisotopic (exact) mass is 427 g/mol.